The van der Waals surface area contributed by atoms with E-state index in [0.717, 1.165) is 31.1 Å². The second kappa shape index (κ2) is 7.34. The van der Waals surface area contributed by atoms with Gasteiger partial charge in [-0.15, -0.1) is 0 Å². The molecule has 0 aromatic carbocycles. The van der Waals surface area contributed by atoms with Crippen molar-refractivity contribution in [3.05, 3.63) is 0 Å². The maximum Gasteiger partial charge on any atom is 0.240 e. The summed E-state index contributed by atoms with van der Waals surface area (Å²) in [6, 6.07) is 1.07. The van der Waals surface area contributed by atoms with Crippen molar-refractivity contribution in [3.63, 3.8) is 0 Å². The van der Waals surface area contributed by atoms with E-state index in [9.17, 15) is 4.79 Å². The van der Waals surface area contributed by atoms with Crippen LogP contribution >= 0.6 is 11.8 Å². The quantitative estimate of drug-likeness (QED) is 0.842. The van der Waals surface area contributed by atoms with Crippen LogP contribution in [-0.4, -0.2) is 60.7 Å². The molecule has 1 N–H and O–H groups in total. The van der Waals surface area contributed by atoms with Crippen LogP contribution in [0.3, 0.4) is 0 Å². The number of hydrogen-bond donors (Lipinski definition) is 1. The summed E-state index contributed by atoms with van der Waals surface area (Å²) in [7, 11) is 1.72. The van der Waals surface area contributed by atoms with Crippen molar-refractivity contribution in [1.29, 1.82) is 0 Å². The number of amides is 1. The summed E-state index contributed by atoms with van der Waals surface area (Å²) in [6.07, 6.45) is 7.41. The normalized spacial score (nSPS) is 35.7. The molecule has 1 saturated carbocycles. The zero-order chi connectivity index (χ0) is 14.7. The van der Waals surface area contributed by atoms with E-state index in [4.69, 9.17) is 4.74 Å². The van der Waals surface area contributed by atoms with Crippen molar-refractivity contribution in [1.82, 2.24) is 10.2 Å². The molecule has 0 aromatic heterocycles. The first kappa shape index (κ1) is 15.6. The highest BCUT2D eigenvalue weighted by Gasteiger charge is 2.41. The van der Waals surface area contributed by atoms with E-state index in [1.165, 1.54) is 31.4 Å². The largest absolute Gasteiger partial charge is 0.383 e. The van der Waals surface area contributed by atoms with E-state index in [1.807, 2.05) is 11.8 Å². The minimum atomic E-state index is 0.0561. The highest BCUT2D eigenvalue weighted by atomic mass is 32.2. The van der Waals surface area contributed by atoms with Crippen LogP contribution in [0.5, 0.6) is 0 Å². The smallest absolute Gasteiger partial charge is 0.240 e. The van der Waals surface area contributed by atoms with E-state index in [-0.39, 0.29) is 6.04 Å². The third-order valence-electron chi connectivity index (χ3n) is 5.33. The van der Waals surface area contributed by atoms with Gasteiger partial charge in [0.2, 0.25) is 5.91 Å². The first-order valence-electron chi connectivity index (χ1n) is 8.43. The molecule has 3 aliphatic rings. The Morgan fingerprint density at radius 3 is 2.90 bits per heavy atom. The lowest BCUT2D eigenvalue weighted by Gasteiger charge is -2.31. The minimum absolute atomic E-state index is 0.0561. The molecule has 21 heavy (non-hydrogen) atoms. The molecule has 0 bridgehead atoms. The zero-order valence-electron chi connectivity index (χ0n) is 13.1. The van der Waals surface area contributed by atoms with Crippen LogP contribution in [0.1, 0.15) is 38.5 Å². The number of hydrogen-bond acceptors (Lipinski definition) is 4. The topological polar surface area (TPSA) is 41.6 Å². The van der Waals surface area contributed by atoms with E-state index in [0.29, 0.717) is 24.6 Å². The molecule has 2 heterocycles. The molecular formula is C16H28N2O2S. The van der Waals surface area contributed by atoms with E-state index < -0.39 is 0 Å². The first-order chi connectivity index (χ1) is 10.3. The zero-order valence-corrected chi connectivity index (χ0v) is 13.9. The number of carbonyl (C=O) groups is 1. The van der Waals surface area contributed by atoms with Gasteiger partial charge in [-0.3, -0.25) is 4.79 Å². The Kier molecular flexibility index (Phi) is 5.46. The van der Waals surface area contributed by atoms with Gasteiger partial charge < -0.3 is 15.0 Å². The highest BCUT2D eigenvalue weighted by molar-refractivity contribution is 7.99. The van der Waals surface area contributed by atoms with Gasteiger partial charge in [0, 0.05) is 31.5 Å². The molecule has 1 aliphatic carbocycles. The number of ether oxygens (including phenoxy) is 1. The SMILES string of the molecule is COCCN(C(=O)C1CC2CCCCC2N1)C1CCSC1. The minimum Gasteiger partial charge on any atom is -0.383 e. The van der Waals surface area contributed by atoms with Crippen molar-refractivity contribution in [2.45, 2.75) is 56.7 Å². The van der Waals surface area contributed by atoms with Gasteiger partial charge in [-0.25, -0.2) is 0 Å². The third-order valence-corrected chi connectivity index (χ3v) is 6.47. The fraction of sp³-hybridized carbons (Fsp3) is 0.938. The summed E-state index contributed by atoms with van der Waals surface area (Å²) >= 11 is 1.97. The van der Waals surface area contributed by atoms with Gasteiger partial charge >= 0.3 is 0 Å². The van der Waals surface area contributed by atoms with Gasteiger partial charge in [0.15, 0.2) is 0 Å². The molecule has 2 saturated heterocycles. The number of nitrogens with one attached hydrogen (secondary N) is 1. The van der Waals surface area contributed by atoms with Gasteiger partial charge in [0.25, 0.3) is 0 Å². The third kappa shape index (κ3) is 3.57. The van der Waals surface area contributed by atoms with Gasteiger partial charge in [0.05, 0.1) is 12.6 Å². The molecule has 3 fully saturated rings. The van der Waals surface area contributed by atoms with Crippen LogP contribution in [-0.2, 0) is 9.53 Å². The van der Waals surface area contributed by atoms with Gasteiger partial charge in [-0.1, -0.05) is 12.8 Å². The summed E-state index contributed by atoms with van der Waals surface area (Å²) < 4.78 is 5.22. The molecule has 0 spiro atoms. The van der Waals surface area contributed by atoms with Crippen LogP contribution < -0.4 is 5.32 Å². The second-order valence-electron chi connectivity index (χ2n) is 6.65. The van der Waals surface area contributed by atoms with E-state index in [1.54, 1.807) is 7.11 Å². The van der Waals surface area contributed by atoms with Crippen LogP contribution in [0.25, 0.3) is 0 Å². The fourth-order valence-electron chi connectivity index (χ4n) is 4.14. The van der Waals surface area contributed by atoms with Crippen molar-refractivity contribution in [2.75, 3.05) is 31.8 Å². The molecule has 5 heteroatoms. The molecule has 2 aliphatic heterocycles. The molecule has 3 rings (SSSR count). The Bertz CT molecular complexity index is 346. The van der Waals surface area contributed by atoms with Crippen molar-refractivity contribution in [2.24, 2.45) is 5.92 Å². The summed E-state index contributed by atoms with van der Waals surface area (Å²) in [4.78, 5) is 15.1. The van der Waals surface area contributed by atoms with Crippen molar-refractivity contribution < 1.29 is 9.53 Å². The summed E-state index contributed by atoms with van der Waals surface area (Å²) in [5.74, 6) is 3.34. The maximum absolute atomic E-state index is 13.0. The number of thioether (sulfide) groups is 1. The van der Waals surface area contributed by atoms with Crippen LogP contribution in [0.15, 0.2) is 0 Å². The lowest BCUT2D eigenvalue weighted by atomic mass is 9.85. The van der Waals surface area contributed by atoms with Crippen LogP contribution in [0, 0.1) is 5.92 Å². The van der Waals surface area contributed by atoms with Gasteiger partial charge in [-0.2, -0.15) is 11.8 Å². The molecule has 120 valence electrons. The molecule has 1 amide bonds. The Hall–Kier alpha value is -0.260. The summed E-state index contributed by atoms with van der Waals surface area (Å²) in [5, 5.41) is 3.63. The standard InChI is InChI=1S/C16H28N2O2S/c1-20-8-7-18(13-6-9-21-11-13)16(19)15-10-12-4-2-3-5-14(12)17-15/h12-15,17H,2-11H2,1H3. The summed E-state index contributed by atoms with van der Waals surface area (Å²) in [5.41, 5.74) is 0. The monoisotopic (exact) mass is 312 g/mol. The predicted octanol–water partition coefficient (Wildman–Crippen LogP) is 1.89. The Labute approximate surface area is 132 Å². The van der Waals surface area contributed by atoms with Gasteiger partial charge in [0.1, 0.15) is 0 Å². The average molecular weight is 312 g/mol. The molecule has 4 nitrogen and oxygen atoms in total. The Morgan fingerprint density at radius 2 is 2.19 bits per heavy atom. The summed E-state index contributed by atoms with van der Waals surface area (Å²) in [6.45, 7) is 1.39. The average Bonchev–Trinajstić information content (AvgIpc) is 3.16. The number of carbonyl (C=O) groups excluding carboxylic acids is 1. The van der Waals surface area contributed by atoms with E-state index in [2.05, 4.69) is 10.2 Å². The number of rotatable bonds is 5. The first-order valence-corrected chi connectivity index (χ1v) is 9.58. The number of nitrogens with zero attached hydrogens (tertiary/aromatic N) is 1. The molecule has 4 unspecified atom stereocenters. The van der Waals surface area contributed by atoms with Crippen molar-refractivity contribution >= 4 is 17.7 Å². The second-order valence-corrected chi connectivity index (χ2v) is 7.80. The highest BCUT2D eigenvalue weighted by Crippen LogP contribution is 2.34. The molecule has 4 atom stereocenters. The van der Waals surface area contributed by atoms with Crippen molar-refractivity contribution in [3.8, 4) is 0 Å². The maximum atomic E-state index is 13.0. The molecular weight excluding hydrogens is 284 g/mol. The van der Waals surface area contributed by atoms with E-state index >= 15 is 0 Å². The fourth-order valence-corrected chi connectivity index (χ4v) is 5.37. The Balaban J connectivity index is 1.62. The van der Waals surface area contributed by atoms with Crippen LogP contribution in [0.2, 0.25) is 0 Å². The van der Waals surface area contributed by atoms with Gasteiger partial charge in [-0.05, 0) is 37.4 Å². The number of methoxy groups -OCH3 is 1. The van der Waals surface area contributed by atoms with Crippen LogP contribution in [0.4, 0.5) is 0 Å². The lowest BCUT2D eigenvalue weighted by Crippen LogP contribution is -2.50. The number of fused-ring (bicyclic) bond motifs is 1. The predicted molar refractivity (Wildman–Crippen MR) is 86.6 cm³/mol. The molecule has 0 radical (unpaired) electrons. The lowest BCUT2D eigenvalue weighted by molar-refractivity contribution is -0.135. The molecule has 0 aromatic rings. The Morgan fingerprint density at radius 1 is 1.33 bits per heavy atom.